The number of aromatic nitrogens is 3. The van der Waals surface area contributed by atoms with Gasteiger partial charge in [0.05, 0.1) is 10.7 Å². The quantitative estimate of drug-likeness (QED) is 0.188. The molecule has 0 aliphatic carbocycles. The Kier molecular flexibility index (Phi) is 7.38. The molecule has 1 fully saturated rings. The Balaban J connectivity index is 1.29. The smallest absolute Gasteiger partial charge is 0.269 e. The Morgan fingerprint density at radius 3 is 2.30 bits per heavy atom. The number of hydrogen-bond acceptors (Lipinski definition) is 7. The second kappa shape index (κ2) is 11.0. The second-order valence-electron chi connectivity index (χ2n) is 8.42. The molecule has 0 radical (unpaired) electrons. The lowest BCUT2D eigenvalue weighted by molar-refractivity contribution is -0.384. The van der Waals surface area contributed by atoms with Crippen molar-refractivity contribution in [2.24, 2.45) is 0 Å². The molecule has 1 amide bonds. The first kappa shape index (κ1) is 24.8. The molecule has 4 aromatic rings. The van der Waals surface area contributed by atoms with Crippen LogP contribution in [0.2, 0.25) is 5.02 Å². The Bertz CT molecular complexity index is 1410. The van der Waals surface area contributed by atoms with Gasteiger partial charge in [-0.05, 0) is 42.5 Å². The maximum absolute atomic E-state index is 13.0. The third-order valence-electron chi connectivity index (χ3n) is 6.11. The average Bonchev–Trinajstić information content (AvgIpc) is 3.36. The van der Waals surface area contributed by atoms with E-state index in [-0.39, 0.29) is 17.3 Å². The van der Waals surface area contributed by atoms with Crippen LogP contribution >= 0.6 is 23.4 Å². The van der Waals surface area contributed by atoms with Crippen molar-refractivity contribution in [1.29, 1.82) is 0 Å². The highest BCUT2D eigenvalue weighted by molar-refractivity contribution is 7.99. The fourth-order valence-corrected chi connectivity index (χ4v) is 5.24. The number of non-ortho nitro benzene ring substituents is 1. The van der Waals surface area contributed by atoms with E-state index in [0.29, 0.717) is 34.7 Å². The fourth-order valence-electron chi connectivity index (χ4n) is 4.20. The molecule has 37 heavy (non-hydrogen) atoms. The van der Waals surface area contributed by atoms with Gasteiger partial charge in [-0.15, -0.1) is 10.2 Å². The molecule has 3 aromatic carbocycles. The van der Waals surface area contributed by atoms with Gasteiger partial charge in [0.2, 0.25) is 5.91 Å². The molecule has 11 heteroatoms. The maximum atomic E-state index is 13.0. The molecular weight excluding hydrogens is 512 g/mol. The molecule has 2 heterocycles. The lowest BCUT2D eigenvalue weighted by atomic mass is 10.2. The average molecular weight is 535 g/mol. The van der Waals surface area contributed by atoms with Gasteiger partial charge in [-0.2, -0.15) is 0 Å². The van der Waals surface area contributed by atoms with Crippen molar-refractivity contribution in [2.75, 3.05) is 36.8 Å². The van der Waals surface area contributed by atoms with Crippen molar-refractivity contribution < 1.29 is 9.72 Å². The number of nitro benzene ring substituents is 1. The molecule has 0 bridgehead atoms. The Morgan fingerprint density at radius 1 is 0.919 bits per heavy atom. The minimum atomic E-state index is -0.437. The summed E-state index contributed by atoms with van der Waals surface area (Å²) >= 11 is 7.45. The third kappa shape index (κ3) is 5.60. The Morgan fingerprint density at radius 2 is 1.62 bits per heavy atom. The maximum Gasteiger partial charge on any atom is 0.269 e. The largest absolute Gasteiger partial charge is 0.368 e. The number of rotatable bonds is 7. The molecule has 1 aliphatic heterocycles. The number of carbonyl (C=O) groups excluding carboxylic acids is 1. The fraction of sp³-hybridized carbons (Fsp3) is 0.192. The van der Waals surface area contributed by atoms with Crippen LogP contribution in [0.15, 0.2) is 84.0 Å². The first-order chi connectivity index (χ1) is 18.0. The summed E-state index contributed by atoms with van der Waals surface area (Å²) in [6.45, 7) is 2.74. The van der Waals surface area contributed by atoms with E-state index in [0.717, 1.165) is 24.5 Å². The molecule has 9 nitrogen and oxygen atoms in total. The highest BCUT2D eigenvalue weighted by atomic mass is 35.5. The molecule has 0 atom stereocenters. The Hall–Kier alpha value is -3.89. The predicted molar refractivity (Wildman–Crippen MR) is 144 cm³/mol. The van der Waals surface area contributed by atoms with E-state index in [2.05, 4.69) is 15.1 Å². The lowest BCUT2D eigenvalue weighted by Crippen LogP contribution is -2.49. The molecule has 0 unspecified atom stereocenters. The van der Waals surface area contributed by atoms with Crippen LogP contribution < -0.4 is 4.90 Å². The number of carbonyl (C=O) groups is 1. The van der Waals surface area contributed by atoms with Gasteiger partial charge in [-0.3, -0.25) is 19.5 Å². The Labute approximate surface area is 222 Å². The van der Waals surface area contributed by atoms with Crippen LogP contribution in [0.1, 0.15) is 0 Å². The number of nitrogens with zero attached hydrogens (tertiary/aromatic N) is 6. The molecule has 0 spiro atoms. The van der Waals surface area contributed by atoms with E-state index >= 15 is 0 Å². The van der Waals surface area contributed by atoms with Crippen molar-refractivity contribution in [2.45, 2.75) is 5.16 Å². The molecule has 0 saturated carbocycles. The minimum Gasteiger partial charge on any atom is -0.368 e. The summed E-state index contributed by atoms with van der Waals surface area (Å²) in [5.41, 5.74) is 2.59. The van der Waals surface area contributed by atoms with Crippen LogP contribution in [0.4, 0.5) is 11.4 Å². The van der Waals surface area contributed by atoms with E-state index in [1.165, 1.54) is 23.9 Å². The first-order valence-electron chi connectivity index (χ1n) is 11.7. The molecular formula is C26H23ClN6O3S. The standard InChI is InChI=1S/C26H23ClN6O3S/c27-20-5-4-8-23(17-20)30-13-15-31(16-14-30)24(34)18-37-26-29-28-25(32(26)21-6-2-1-3-7-21)19-9-11-22(12-10-19)33(35)36/h1-12,17H,13-16,18H2. The molecule has 188 valence electrons. The summed E-state index contributed by atoms with van der Waals surface area (Å²) in [6, 6.07) is 23.5. The molecule has 1 aromatic heterocycles. The number of benzene rings is 3. The van der Waals surface area contributed by atoms with E-state index in [4.69, 9.17) is 11.6 Å². The van der Waals surface area contributed by atoms with E-state index < -0.39 is 4.92 Å². The van der Waals surface area contributed by atoms with Crippen LogP contribution in [0, 0.1) is 10.1 Å². The normalized spacial score (nSPS) is 13.5. The van der Waals surface area contributed by atoms with E-state index in [1.54, 1.807) is 12.1 Å². The number of halogens is 1. The van der Waals surface area contributed by atoms with Gasteiger partial charge < -0.3 is 9.80 Å². The van der Waals surface area contributed by atoms with Gasteiger partial charge in [0, 0.05) is 60.3 Å². The van der Waals surface area contributed by atoms with Crippen LogP contribution in [-0.2, 0) is 4.79 Å². The van der Waals surface area contributed by atoms with Crippen LogP contribution in [0.5, 0.6) is 0 Å². The zero-order valence-corrected chi connectivity index (χ0v) is 21.3. The summed E-state index contributed by atoms with van der Waals surface area (Å²) in [6.07, 6.45) is 0. The van der Waals surface area contributed by atoms with Crippen LogP contribution in [0.3, 0.4) is 0 Å². The van der Waals surface area contributed by atoms with Gasteiger partial charge in [-0.25, -0.2) is 0 Å². The minimum absolute atomic E-state index is 0.00480. The zero-order chi connectivity index (χ0) is 25.8. The lowest BCUT2D eigenvalue weighted by Gasteiger charge is -2.36. The number of para-hydroxylation sites is 1. The second-order valence-corrected chi connectivity index (χ2v) is 9.80. The summed E-state index contributed by atoms with van der Waals surface area (Å²) in [5, 5.41) is 21.0. The van der Waals surface area contributed by atoms with Gasteiger partial charge in [0.15, 0.2) is 11.0 Å². The third-order valence-corrected chi connectivity index (χ3v) is 7.26. The first-order valence-corrected chi connectivity index (χ1v) is 13.0. The van der Waals surface area contributed by atoms with Crippen molar-refractivity contribution in [3.8, 4) is 17.1 Å². The molecule has 0 N–H and O–H groups in total. The topological polar surface area (TPSA) is 97.4 Å². The number of anilines is 1. The zero-order valence-electron chi connectivity index (χ0n) is 19.7. The summed E-state index contributed by atoms with van der Waals surface area (Å²) in [5.74, 6) is 0.809. The number of thioether (sulfide) groups is 1. The summed E-state index contributed by atoms with van der Waals surface area (Å²) < 4.78 is 1.87. The number of hydrogen-bond donors (Lipinski definition) is 0. The summed E-state index contributed by atoms with van der Waals surface area (Å²) in [7, 11) is 0. The summed E-state index contributed by atoms with van der Waals surface area (Å²) in [4.78, 5) is 27.7. The van der Waals surface area contributed by atoms with E-state index in [9.17, 15) is 14.9 Å². The van der Waals surface area contributed by atoms with E-state index in [1.807, 2.05) is 64.1 Å². The van der Waals surface area contributed by atoms with Crippen molar-refractivity contribution >= 4 is 40.6 Å². The van der Waals surface area contributed by atoms with Crippen LogP contribution in [0.25, 0.3) is 17.1 Å². The highest BCUT2D eigenvalue weighted by Crippen LogP contribution is 2.29. The van der Waals surface area contributed by atoms with Crippen LogP contribution in [-0.4, -0.2) is 62.4 Å². The van der Waals surface area contributed by atoms with Gasteiger partial charge >= 0.3 is 0 Å². The molecule has 1 aliphatic rings. The molecule has 1 saturated heterocycles. The van der Waals surface area contributed by atoms with Crippen molar-refractivity contribution in [1.82, 2.24) is 19.7 Å². The number of piperazine rings is 1. The van der Waals surface area contributed by atoms with Gasteiger partial charge in [0.1, 0.15) is 0 Å². The SMILES string of the molecule is O=C(CSc1nnc(-c2ccc([N+](=O)[O-])cc2)n1-c1ccccc1)N1CCN(c2cccc(Cl)c2)CC1. The molecule has 5 rings (SSSR count). The van der Waals surface area contributed by atoms with Crippen molar-refractivity contribution in [3.63, 3.8) is 0 Å². The number of amides is 1. The van der Waals surface area contributed by atoms with Gasteiger partial charge in [-0.1, -0.05) is 47.6 Å². The monoisotopic (exact) mass is 534 g/mol. The number of nitro groups is 1. The highest BCUT2D eigenvalue weighted by Gasteiger charge is 2.23. The van der Waals surface area contributed by atoms with Gasteiger partial charge in [0.25, 0.3) is 5.69 Å². The predicted octanol–water partition coefficient (Wildman–Crippen LogP) is 4.94. The van der Waals surface area contributed by atoms with Crippen molar-refractivity contribution in [3.05, 3.63) is 94.0 Å².